The molecule has 1 nitrogen and oxygen atoms in total. The fourth-order valence-corrected chi connectivity index (χ4v) is 0. The zero-order valence-electron chi connectivity index (χ0n) is 5.26. The molecule has 0 spiro atoms. The van der Waals surface area contributed by atoms with E-state index in [-0.39, 0.29) is 32.7 Å². The van der Waals surface area contributed by atoms with Gasteiger partial charge < -0.3 is 5.41 Å². The van der Waals surface area contributed by atoms with Crippen molar-refractivity contribution in [3.8, 4) is 0 Å². The van der Waals surface area contributed by atoms with Gasteiger partial charge in [0.25, 0.3) is 0 Å². The van der Waals surface area contributed by atoms with Gasteiger partial charge in [0.15, 0.2) is 0 Å². The van der Waals surface area contributed by atoms with Gasteiger partial charge in [0, 0.05) is 32.7 Å². The fraction of sp³-hybridized carbons (Fsp3) is 0.667. The molecule has 0 aliphatic rings. The minimum atomic E-state index is -0.750. The summed E-state index contributed by atoms with van der Waals surface area (Å²) >= 11 is 0. The zero-order chi connectivity index (χ0) is 6.12. The van der Waals surface area contributed by atoms with Crippen molar-refractivity contribution in [2.45, 2.75) is 6.82 Å². The van der Waals surface area contributed by atoms with Gasteiger partial charge in [-0.2, -0.15) is 6.21 Å². The van der Waals surface area contributed by atoms with Gasteiger partial charge in [-0.15, -0.1) is 0 Å². The second-order valence-corrected chi connectivity index (χ2v) is 0.337. The van der Waals surface area contributed by atoms with Gasteiger partial charge in [-0.1, -0.05) is 6.82 Å². The van der Waals surface area contributed by atoms with Gasteiger partial charge in [-0.25, -0.2) is 4.39 Å². The van der Waals surface area contributed by atoms with Crippen LogP contribution in [0.4, 0.5) is 4.39 Å². The van der Waals surface area contributed by atoms with Crippen LogP contribution >= 0.6 is 0 Å². The second-order valence-electron chi connectivity index (χ2n) is 0.337. The minimum Gasteiger partial charge on any atom is -0.812 e. The largest absolute Gasteiger partial charge is 0.812 e. The van der Waals surface area contributed by atoms with Crippen LogP contribution in [0.25, 0.3) is 5.41 Å². The van der Waals surface area contributed by atoms with Crippen molar-refractivity contribution in [3.05, 3.63) is 5.41 Å². The molecule has 0 rings (SSSR count). The smallest absolute Gasteiger partial charge is 0.0864 e. The third-order valence-electron chi connectivity index (χ3n) is 0.0690. The van der Waals surface area contributed by atoms with E-state index in [1.807, 2.05) is 0 Å². The van der Waals surface area contributed by atoms with Gasteiger partial charge in [0.2, 0.25) is 0 Å². The van der Waals surface area contributed by atoms with Crippen LogP contribution in [0.5, 0.6) is 0 Å². The van der Waals surface area contributed by atoms with Gasteiger partial charge in [0.1, 0.15) is 0 Å². The van der Waals surface area contributed by atoms with Crippen LogP contribution in [0, 0.1) is 0 Å². The van der Waals surface area contributed by atoms with Crippen molar-refractivity contribution in [3.63, 3.8) is 0 Å². The number of nitrogens with zero attached hydrogens (tertiary/aromatic N) is 1. The maximum Gasteiger partial charge on any atom is 0.0864 e. The van der Waals surface area contributed by atoms with Crippen molar-refractivity contribution < 1.29 is 37.1 Å². The first kappa shape index (κ1) is 10.7. The zero-order valence-corrected chi connectivity index (χ0v) is 7.10. The van der Waals surface area contributed by atoms with Crippen LogP contribution in [0.2, 0.25) is 6.82 Å². The molecule has 0 amide bonds. The third kappa shape index (κ3) is 49.2. The Kier molecular flexibility index (Phi) is 44.9. The average molecular weight is 177 g/mol. The topological polar surface area (TPSA) is 22.3 Å². The van der Waals surface area contributed by atoms with Crippen LogP contribution in [-0.4, -0.2) is 22.0 Å². The van der Waals surface area contributed by atoms with Crippen LogP contribution < -0.4 is 0 Å². The maximum absolute atomic E-state index is 10.4. The van der Waals surface area contributed by atoms with E-state index in [9.17, 15) is 4.39 Å². The summed E-state index contributed by atoms with van der Waals surface area (Å²) in [5.41, 5.74) is 0. The Hall–Kier alpha value is 0.769. The van der Waals surface area contributed by atoms with Crippen LogP contribution in [0.3, 0.4) is 0 Å². The second kappa shape index (κ2) is 29.4. The maximum atomic E-state index is 10.4. The third-order valence-corrected chi connectivity index (χ3v) is 0.0690. The minimum absolute atomic E-state index is 0. The van der Waals surface area contributed by atoms with Gasteiger partial charge >= 0.3 is 0 Å². The summed E-state index contributed by atoms with van der Waals surface area (Å²) < 4.78 is 16.5. The first-order chi connectivity index (χ1) is 3.33. The van der Waals surface area contributed by atoms with Crippen molar-refractivity contribution in [1.82, 2.24) is 0 Å². The molecule has 0 aromatic carbocycles. The molecular formula is C3H7BFNY-. The molecule has 0 aliphatic carbocycles. The number of halogens is 1. The Balaban J connectivity index is -0.0000000575. The quantitative estimate of drug-likeness (QED) is 0.411. The van der Waals surface area contributed by atoms with Crippen molar-refractivity contribution in [1.29, 1.82) is 1.34 Å². The van der Waals surface area contributed by atoms with Crippen molar-refractivity contribution in [2.24, 2.45) is 0 Å². The molecule has 0 N–H and O–H groups in total. The first-order valence-electron chi connectivity index (χ1n) is 2.09. The van der Waals surface area contributed by atoms with Crippen molar-refractivity contribution in [2.75, 3.05) is 6.67 Å². The molecule has 0 bridgehead atoms. The van der Waals surface area contributed by atoms with Crippen molar-refractivity contribution >= 4 is 14.0 Å². The molecule has 2 radical (unpaired) electrons. The molecule has 0 aliphatic heterocycles. The van der Waals surface area contributed by atoms with E-state index >= 15 is 0 Å². The monoisotopic (exact) mass is 177 g/mol. The van der Waals surface area contributed by atoms with E-state index in [0.717, 1.165) is 0 Å². The predicted octanol–water partition coefficient (Wildman–Crippen LogP) is 0.529. The van der Waals surface area contributed by atoms with E-state index in [4.69, 9.17) is 6.74 Å². The Morgan fingerprint density at radius 3 is 2.29 bits per heavy atom. The Bertz CT molecular complexity index is 40.5. The van der Waals surface area contributed by atoms with Crippen LogP contribution in [0.15, 0.2) is 0 Å². The predicted molar refractivity (Wildman–Crippen MR) is 28.4 cm³/mol. The van der Waals surface area contributed by atoms with Crippen LogP contribution in [-0.2, 0) is 32.7 Å². The molecule has 0 atom stereocenters. The van der Waals surface area contributed by atoms with Gasteiger partial charge in [-0.05, 0) is 1.34 Å². The summed E-state index contributed by atoms with van der Waals surface area (Å²) in [4.78, 5) is 0. The molecule has 38 valence electrons. The van der Waals surface area contributed by atoms with Gasteiger partial charge in [0.05, 0.1) is 14.5 Å². The summed E-state index contributed by atoms with van der Waals surface area (Å²) in [7, 11) is 1.25. The molecule has 0 fully saturated rings. The Morgan fingerprint density at radius 1 is 2.14 bits per heavy atom. The summed E-state index contributed by atoms with van der Waals surface area (Å²) in [6, 6.07) is 0. The first-order valence-corrected chi connectivity index (χ1v) is 1.51. The van der Waals surface area contributed by atoms with E-state index in [2.05, 4.69) is 0 Å². The SMILES string of the molecule is [3H][B]C.[N-]=CC[18F].[Y]. The molecule has 0 unspecified atom stereocenters. The fourth-order valence-electron chi connectivity index (χ4n) is 0. The van der Waals surface area contributed by atoms with Gasteiger partial charge in [-0.3, -0.25) is 0 Å². The van der Waals surface area contributed by atoms with E-state index in [1.54, 1.807) is 6.82 Å². The van der Waals surface area contributed by atoms with E-state index in [0.29, 0.717) is 6.21 Å². The summed E-state index contributed by atoms with van der Waals surface area (Å²) in [5, 5.41) is 7.38. The molecule has 0 saturated heterocycles. The Labute approximate surface area is 71.2 Å². The summed E-state index contributed by atoms with van der Waals surface area (Å²) in [5.74, 6) is 0. The molecular weight excluding hydrogens is 168 g/mol. The number of hydrogen-bond donors (Lipinski definition) is 0. The summed E-state index contributed by atoms with van der Waals surface area (Å²) in [6.45, 7) is 0.917. The van der Waals surface area contributed by atoms with Crippen LogP contribution in [0.1, 0.15) is 0 Å². The molecule has 7 heavy (non-hydrogen) atoms. The standard InChI is InChI=1S/C2H3FN.CH4B.Y/c3-1-2-4;1-2;/h2H,1H2;2H,1H3;/q-1;;/i3-1;2T;. The summed E-state index contributed by atoms with van der Waals surface area (Å²) in [6.07, 6.45) is 0.458. The molecule has 0 aromatic rings. The van der Waals surface area contributed by atoms with E-state index in [1.165, 1.54) is 7.81 Å². The number of rotatable bonds is 1. The molecule has 0 aromatic heterocycles. The Morgan fingerprint density at radius 2 is 2.29 bits per heavy atom. The average Bonchev–Trinajstić information content (AvgIpc) is 1.69. The number of alkyl halides is 1. The normalized spacial score (nSPS) is 5.71. The number of hydrogen-bond acceptors (Lipinski definition) is 0. The van der Waals surface area contributed by atoms with E-state index < -0.39 is 6.67 Å². The molecule has 0 heterocycles. The molecule has 0 saturated carbocycles. The molecule has 4 heteroatoms.